The molecule has 4 aromatic rings. The summed E-state index contributed by atoms with van der Waals surface area (Å²) in [4.78, 5) is 97.8. The summed E-state index contributed by atoms with van der Waals surface area (Å²) in [6.45, 7) is -5.02. The Morgan fingerprint density at radius 1 is 0.408 bits per heavy atom. The number of carbonyl (C=O) groups excluding carboxylic acids is 4. The van der Waals surface area contributed by atoms with Crippen LogP contribution in [-0.4, -0.2) is 166 Å². The summed E-state index contributed by atoms with van der Waals surface area (Å²) in [6, 6.07) is 22.5. The molecule has 71 heavy (non-hydrogen) atoms. The maximum atomic E-state index is 14.7. The molecule has 15 nitrogen and oxygen atoms in total. The minimum absolute atomic E-state index is 0.00633. The molecule has 0 unspecified atom stereocenters. The van der Waals surface area contributed by atoms with Crippen LogP contribution in [0.25, 0.3) is 24.3 Å². The number of piperidine rings is 2. The molecule has 0 atom stereocenters. The number of amides is 2. The lowest BCUT2D eigenvalue weighted by Gasteiger charge is -2.33. The third kappa shape index (κ3) is 15.1. The molecule has 19 heteroatoms. The van der Waals surface area contributed by atoms with Crippen molar-refractivity contribution in [2.45, 2.75) is 0 Å². The van der Waals surface area contributed by atoms with Crippen LogP contribution >= 0.6 is 0 Å². The van der Waals surface area contributed by atoms with Gasteiger partial charge in [0.25, 0.3) is 0 Å². The van der Waals surface area contributed by atoms with E-state index in [1.54, 1.807) is 24.3 Å². The Morgan fingerprint density at radius 2 is 0.648 bits per heavy atom. The molecule has 0 saturated carbocycles. The molecule has 2 amide bonds. The molecule has 370 valence electrons. The van der Waals surface area contributed by atoms with Crippen molar-refractivity contribution in [3.05, 3.63) is 165 Å². The first kappa shape index (κ1) is 52.5. The predicted molar refractivity (Wildman–Crippen MR) is 253 cm³/mol. The van der Waals surface area contributed by atoms with Gasteiger partial charge in [-0.1, -0.05) is 72.8 Å². The highest BCUT2D eigenvalue weighted by atomic mass is 19.1. The lowest BCUT2D eigenvalue weighted by atomic mass is 9.94. The van der Waals surface area contributed by atoms with Crippen molar-refractivity contribution < 1.29 is 66.4 Å². The van der Waals surface area contributed by atoms with Crippen LogP contribution in [0.15, 0.2) is 119 Å². The SMILES string of the molecule is O=C(O)CN(CCN(CC(=O)O)CC(=O)N1C/C(=C/c2ccccc2F)C(=O)/C(=C/c2ccccc2F)C1)CCN(CC(=O)O)CC(=O)N1C/C(=C/c2ccccc2F)C(=O)/C(=C/c2ccccc2F)C1. The van der Waals surface area contributed by atoms with E-state index in [1.165, 1.54) is 122 Å². The largest absolute Gasteiger partial charge is 0.480 e. The zero-order valence-electron chi connectivity index (χ0n) is 38.2. The fourth-order valence-electron chi connectivity index (χ4n) is 7.97. The molecule has 0 aliphatic carbocycles. The van der Waals surface area contributed by atoms with Crippen LogP contribution in [0.2, 0.25) is 0 Å². The van der Waals surface area contributed by atoms with Crippen molar-refractivity contribution in [1.82, 2.24) is 24.5 Å². The number of Topliss-reactive ketones (excluding diaryl/α,β-unsaturated/α-hetero) is 2. The van der Waals surface area contributed by atoms with Gasteiger partial charge in [-0.3, -0.25) is 48.3 Å². The highest BCUT2D eigenvalue weighted by Gasteiger charge is 2.33. The minimum atomic E-state index is -1.33. The Bertz CT molecular complexity index is 2510. The van der Waals surface area contributed by atoms with Crippen LogP contribution in [0.3, 0.4) is 0 Å². The zero-order chi connectivity index (χ0) is 51.2. The smallest absolute Gasteiger partial charge is 0.317 e. The van der Waals surface area contributed by atoms with E-state index < -0.39 is 97.3 Å². The van der Waals surface area contributed by atoms with Crippen molar-refractivity contribution in [3.63, 3.8) is 0 Å². The maximum Gasteiger partial charge on any atom is 0.317 e. The quantitative estimate of drug-likeness (QED) is 0.0804. The fourth-order valence-corrected chi connectivity index (χ4v) is 7.97. The number of hydrogen-bond acceptors (Lipinski definition) is 10. The standard InChI is InChI=1S/C52H49F4N5O10/c53-42-13-5-1-9-34(42)21-38-25-60(26-39(51(38)70)22-35-10-2-6-14-43(35)54)46(62)29-58(32-49(66)67)19-17-57(31-48(64)65)18-20-59(33-50(68)69)30-47(63)61-27-40(23-36-11-3-7-15-44(36)55)52(71)41(28-61)24-37-12-4-8-16-45(37)56/h1-16,21-24H,17-20,25-33H2,(H,64,65)(H,66,67)(H,68,69)/b38-21-,39-22+,40-23-,41-24+. The van der Waals surface area contributed by atoms with E-state index >= 15 is 0 Å². The first-order valence-corrected chi connectivity index (χ1v) is 22.2. The number of likely N-dealkylation sites (tertiary alicyclic amines) is 2. The maximum absolute atomic E-state index is 14.7. The average Bonchev–Trinajstić information content (AvgIpc) is 3.31. The lowest BCUT2D eigenvalue weighted by Crippen LogP contribution is -2.50. The van der Waals surface area contributed by atoms with Crippen LogP contribution in [0.5, 0.6) is 0 Å². The number of hydrogen-bond donors (Lipinski definition) is 3. The summed E-state index contributed by atoms with van der Waals surface area (Å²) in [6.07, 6.45) is 5.13. The molecule has 0 bridgehead atoms. The molecule has 0 radical (unpaired) electrons. The molecule has 2 aliphatic heterocycles. The van der Waals surface area contributed by atoms with Gasteiger partial charge in [-0.15, -0.1) is 0 Å². The van der Waals surface area contributed by atoms with E-state index in [1.807, 2.05) is 0 Å². The summed E-state index contributed by atoms with van der Waals surface area (Å²) in [5.74, 6) is -8.95. The van der Waals surface area contributed by atoms with E-state index in [0.717, 1.165) is 0 Å². The number of carbonyl (C=O) groups is 7. The predicted octanol–water partition coefficient (Wildman–Crippen LogP) is 4.86. The van der Waals surface area contributed by atoms with Gasteiger partial charge in [0.05, 0.1) is 32.7 Å². The van der Waals surface area contributed by atoms with Crippen LogP contribution in [0.1, 0.15) is 22.3 Å². The molecule has 4 aromatic carbocycles. The van der Waals surface area contributed by atoms with Gasteiger partial charge in [0.1, 0.15) is 23.3 Å². The van der Waals surface area contributed by atoms with Gasteiger partial charge >= 0.3 is 17.9 Å². The van der Waals surface area contributed by atoms with E-state index in [0.29, 0.717) is 0 Å². The summed E-state index contributed by atoms with van der Waals surface area (Å²) >= 11 is 0. The van der Waals surface area contributed by atoms with Crippen molar-refractivity contribution in [1.29, 1.82) is 0 Å². The summed E-state index contributed by atoms with van der Waals surface area (Å²) < 4.78 is 58.9. The molecule has 2 saturated heterocycles. The van der Waals surface area contributed by atoms with Crippen molar-refractivity contribution >= 4 is 65.6 Å². The van der Waals surface area contributed by atoms with Crippen molar-refractivity contribution in [3.8, 4) is 0 Å². The third-order valence-electron chi connectivity index (χ3n) is 11.5. The summed E-state index contributed by atoms with van der Waals surface area (Å²) in [5.41, 5.74) is 0.253. The molecule has 0 spiro atoms. The highest BCUT2D eigenvalue weighted by Crippen LogP contribution is 2.26. The number of ketones is 2. The number of halogens is 4. The zero-order valence-corrected chi connectivity index (χ0v) is 38.2. The molecule has 6 rings (SSSR count). The molecule has 2 fully saturated rings. The van der Waals surface area contributed by atoms with Crippen molar-refractivity contribution in [2.75, 3.05) is 85.1 Å². The minimum Gasteiger partial charge on any atom is -0.480 e. The number of nitrogens with zero attached hydrogens (tertiary/aromatic N) is 5. The second-order valence-electron chi connectivity index (χ2n) is 16.8. The lowest BCUT2D eigenvalue weighted by molar-refractivity contribution is -0.141. The second kappa shape index (κ2) is 24.6. The van der Waals surface area contributed by atoms with Crippen LogP contribution in [0, 0.1) is 23.3 Å². The third-order valence-corrected chi connectivity index (χ3v) is 11.5. The summed E-state index contributed by atoms with van der Waals surface area (Å²) in [5, 5.41) is 29.5. The van der Waals surface area contributed by atoms with Crippen LogP contribution < -0.4 is 0 Å². The normalized spacial score (nSPS) is 16.5. The Kier molecular flexibility index (Phi) is 18.2. The van der Waals surface area contributed by atoms with Gasteiger partial charge in [-0.2, -0.15) is 0 Å². The fraction of sp³-hybridized carbons (Fsp3) is 0.250. The highest BCUT2D eigenvalue weighted by molar-refractivity contribution is 6.16. The Morgan fingerprint density at radius 3 is 0.901 bits per heavy atom. The van der Waals surface area contributed by atoms with Gasteiger partial charge in [-0.25, -0.2) is 17.6 Å². The van der Waals surface area contributed by atoms with Crippen molar-refractivity contribution in [2.24, 2.45) is 0 Å². The molecule has 2 aliphatic rings. The number of benzene rings is 4. The van der Waals surface area contributed by atoms with Gasteiger partial charge < -0.3 is 25.1 Å². The molecule has 2 heterocycles. The Hall–Kier alpha value is -7.87. The summed E-state index contributed by atoms with van der Waals surface area (Å²) in [7, 11) is 0. The van der Waals surface area contributed by atoms with E-state index in [2.05, 4.69) is 0 Å². The molecule has 3 N–H and O–H groups in total. The number of rotatable bonds is 20. The van der Waals surface area contributed by atoms with Gasteiger partial charge in [0.15, 0.2) is 11.6 Å². The van der Waals surface area contributed by atoms with Gasteiger partial charge in [0, 0.05) is 96.9 Å². The first-order valence-electron chi connectivity index (χ1n) is 22.2. The van der Waals surface area contributed by atoms with Crippen LogP contribution in [-0.2, 0) is 33.6 Å². The molecule has 0 aromatic heterocycles. The van der Waals surface area contributed by atoms with E-state index in [9.17, 15) is 66.4 Å². The first-order chi connectivity index (χ1) is 33.9. The van der Waals surface area contributed by atoms with E-state index in [4.69, 9.17) is 0 Å². The topological polar surface area (TPSA) is 196 Å². The molecular formula is C52H49F4N5O10. The Labute approximate surface area is 405 Å². The second-order valence-corrected chi connectivity index (χ2v) is 16.8. The van der Waals surface area contributed by atoms with Gasteiger partial charge in [0.2, 0.25) is 11.8 Å². The van der Waals surface area contributed by atoms with E-state index in [-0.39, 0.29) is 96.9 Å². The number of carboxylic acid groups (broad SMARTS) is 3. The van der Waals surface area contributed by atoms with Gasteiger partial charge in [-0.05, 0) is 48.6 Å². The Balaban J connectivity index is 1.17. The monoisotopic (exact) mass is 979 g/mol. The average molecular weight is 980 g/mol. The molecular weight excluding hydrogens is 931 g/mol. The number of carboxylic acids is 3. The van der Waals surface area contributed by atoms with Crippen LogP contribution in [0.4, 0.5) is 17.6 Å². The number of aliphatic carboxylic acids is 3.